The second kappa shape index (κ2) is 7.23. The summed E-state index contributed by atoms with van der Waals surface area (Å²) in [4.78, 5) is 12.2. The van der Waals surface area contributed by atoms with Crippen molar-refractivity contribution in [1.82, 2.24) is 0 Å². The third-order valence-electron chi connectivity index (χ3n) is 2.70. The minimum Gasteiger partial charge on any atom is -0.384 e. The highest BCUT2D eigenvalue weighted by Gasteiger charge is 2.14. The van der Waals surface area contributed by atoms with Gasteiger partial charge in [0.2, 0.25) is 0 Å². The van der Waals surface area contributed by atoms with Gasteiger partial charge in [-0.3, -0.25) is 4.79 Å². The number of nitrogens with one attached hydrogen (secondary N) is 1. The van der Waals surface area contributed by atoms with E-state index < -0.39 is 0 Å². The van der Waals surface area contributed by atoms with Crippen molar-refractivity contribution >= 4 is 54.8 Å². The normalized spacial score (nSPS) is 9.90. The minimum atomic E-state index is -0.189. The lowest BCUT2D eigenvalue weighted by Crippen LogP contribution is -2.11. The lowest BCUT2D eigenvalue weighted by atomic mass is 10.1. The molecule has 0 radical (unpaired) electrons. The van der Waals surface area contributed by atoms with Crippen LogP contribution in [0.3, 0.4) is 0 Å². The first-order valence-electron chi connectivity index (χ1n) is 5.98. The summed E-state index contributed by atoms with van der Waals surface area (Å²) in [5.74, 6) is 5.29. The van der Waals surface area contributed by atoms with Crippen molar-refractivity contribution in [3.05, 3.63) is 48.5 Å². The van der Waals surface area contributed by atoms with Gasteiger partial charge in [-0.05, 0) is 62.5 Å². The number of benzene rings is 1. The largest absolute Gasteiger partial charge is 0.384 e. The molecule has 2 N–H and O–H groups in total. The molecule has 1 amide bonds. The van der Waals surface area contributed by atoms with Crippen LogP contribution in [0.2, 0.25) is 0 Å². The fraction of sp³-hybridized carbons (Fsp3) is 0.133. The van der Waals surface area contributed by atoms with Crippen LogP contribution in [0.15, 0.2) is 31.8 Å². The van der Waals surface area contributed by atoms with Crippen molar-refractivity contribution < 1.29 is 9.90 Å². The van der Waals surface area contributed by atoms with Crippen molar-refractivity contribution in [1.29, 1.82) is 0 Å². The Morgan fingerprint density at radius 3 is 2.76 bits per heavy atom. The Bertz CT molecular complexity index is 744. The quantitative estimate of drug-likeness (QED) is 0.705. The van der Waals surface area contributed by atoms with Gasteiger partial charge in [-0.25, -0.2) is 0 Å². The number of hydrogen-bond donors (Lipinski definition) is 2. The summed E-state index contributed by atoms with van der Waals surface area (Å²) in [6, 6.07) is 7.28. The summed E-state index contributed by atoms with van der Waals surface area (Å²) >= 11 is 8.17. The van der Waals surface area contributed by atoms with Gasteiger partial charge in [0.1, 0.15) is 6.61 Å². The summed E-state index contributed by atoms with van der Waals surface area (Å²) in [6.07, 6.45) is 0. The SMILES string of the molecule is Cc1ccc(NC(=O)c2cc(Br)sc2Br)cc1C#CCO. The lowest BCUT2D eigenvalue weighted by molar-refractivity contribution is 0.102. The lowest BCUT2D eigenvalue weighted by Gasteiger charge is -2.06. The smallest absolute Gasteiger partial charge is 0.257 e. The maximum Gasteiger partial charge on any atom is 0.257 e. The molecule has 1 heterocycles. The second-order valence-electron chi connectivity index (χ2n) is 4.18. The van der Waals surface area contributed by atoms with Gasteiger partial charge in [0.05, 0.1) is 13.1 Å². The fourth-order valence-electron chi connectivity index (χ4n) is 1.66. The van der Waals surface area contributed by atoms with Gasteiger partial charge in [-0.15, -0.1) is 11.3 Å². The zero-order valence-corrected chi connectivity index (χ0v) is 15.0. The van der Waals surface area contributed by atoms with E-state index in [-0.39, 0.29) is 12.5 Å². The molecule has 0 aliphatic rings. The number of aliphatic hydroxyl groups is 1. The molecule has 0 spiro atoms. The summed E-state index contributed by atoms with van der Waals surface area (Å²) in [5.41, 5.74) is 3.03. The minimum absolute atomic E-state index is 0.186. The van der Waals surface area contributed by atoms with Gasteiger partial charge in [0.15, 0.2) is 0 Å². The van der Waals surface area contributed by atoms with Crippen LogP contribution in [-0.4, -0.2) is 17.6 Å². The monoisotopic (exact) mass is 427 g/mol. The van der Waals surface area contributed by atoms with Crippen LogP contribution < -0.4 is 5.32 Å². The number of thiophene rings is 1. The third kappa shape index (κ3) is 4.17. The van der Waals surface area contributed by atoms with Crippen LogP contribution in [0.25, 0.3) is 0 Å². The maximum absolute atomic E-state index is 12.2. The van der Waals surface area contributed by atoms with Gasteiger partial charge < -0.3 is 10.4 Å². The molecule has 0 saturated carbocycles. The Balaban J connectivity index is 2.23. The number of anilines is 1. The number of halogens is 2. The molecular formula is C15H11Br2NO2S. The first-order valence-corrected chi connectivity index (χ1v) is 8.38. The molecule has 3 nitrogen and oxygen atoms in total. The molecule has 0 unspecified atom stereocenters. The highest BCUT2D eigenvalue weighted by Crippen LogP contribution is 2.32. The summed E-state index contributed by atoms with van der Waals surface area (Å²) in [6.45, 7) is 1.74. The van der Waals surface area contributed by atoms with Crippen molar-refractivity contribution in [3.63, 3.8) is 0 Å². The zero-order chi connectivity index (χ0) is 15.4. The van der Waals surface area contributed by atoms with Crippen molar-refractivity contribution in [2.75, 3.05) is 11.9 Å². The Kier molecular flexibility index (Phi) is 5.59. The predicted octanol–water partition coefficient (Wildman–Crippen LogP) is 4.18. The first-order chi connectivity index (χ1) is 10.0. The van der Waals surface area contributed by atoms with E-state index in [2.05, 4.69) is 49.0 Å². The predicted molar refractivity (Wildman–Crippen MR) is 92.8 cm³/mol. The molecule has 1 aromatic heterocycles. The fourth-order valence-corrected chi connectivity index (χ4v) is 4.46. The van der Waals surface area contributed by atoms with Gasteiger partial charge >= 0.3 is 0 Å². The van der Waals surface area contributed by atoms with Crippen molar-refractivity contribution in [2.45, 2.75) is 6.92 Å². The number of aliphatic hydroxyl groups excluding tert-OH is 1. The highest BCUT2D eigenvalue weighted by molar-refractivity contribution is 9.12. The molecule has 2 rings (SSSR count). The van der Waals surface area contributed by atoms with E-state index in [1.807, 2.05) is 19.1 Å². The van der Waals surface area contributed by atoms with E-state index in [0.29, 0.717) is 11.3 Å². The molecule has 6 heteroatoms. The van der Waals surface area contributed by atoms with Crippen LogP contribution in [0, 0.1) is 18.8 Å². The average molecular weight is 429 g/mol. The Hall–Kier alpha value is -1.13. The number of hydrogen-bond acceptors (Lipinski definition) is 3. The molecule has 108 valence electrons. The highest BCUT2D eigenvalue weighted by atomic mass is 79.9. The van der Waals surface area contributed by atoms with E-state index >= 15 is 0 Å². The van der Waals surface area contributed by atoms with Gasteiger partial charge in [0, 0.05) is 11.3 Å². The Morgan fingerprint density at radius 2 is 2.14 bits per heavy atom. The van der Waals surface area contributed by atoms with Crippen LogP contribution >= 0.6 is 43.2 Å². The zero-order valence-electron chi connectivity index (χ0n) is 11.0. The Labute approximate surface area is 143 Å². The number of rotatable bonds is 2. The van der Waals surface area contributed by atoms with Gasteiger partial charge in [0.25, 0.3) is 5.91 Å². The van der Waals surface area contributed by atoms with Crippen LogP contribution in [-0.2, 0) is 0 Å². The van der Waals surface area contributed by atoms with Crippen LogP contribution in [0.4, 0.5) is 5.69 Å². The number of aryl methyl sites for hydroxylation is 1. The molecular weight excluding hydrogens is 418 g/mol. The molecule has 0 bridgehead atoms. The topological polar surface area (TPSA) is 49.3 Å². The third-order valence-corrected chi connectivity index (χ3v) is 5.04. The molecule has 1 aromatic carbocycles. The van der Waals surface area contributed by atoms with E-state index in [0.717, 1.165) is 18.7 Å². The van der Waals surface area contributed by atoms with E-state index in [4.69, 9.17) is 5.11 Å². The molecule has 0 aliphatic heterocycles. The number of carbonyl (C=O) groups is 1. The first kappa shape index (κ1) is 16.2. The second-order valence-corrected chi connectivity index (χ2v) is 7.93. The van der Waals surface area contributed by atoms with E-state index in [9.17, 15) is 4.79 Å². The van der Waals surface area contributed by atoms with Gasteiger partial charge in [-0.2, -0.15) is 0 Å². The molecule has 0 saturated heterocycles. The molecule has 0 atom stereocenters. The molecule has 0 aliphatic carbocycles. The van der Waals surface area contributed by atoms with Crippen molar-refractivity contribution in [3.8, 4) is 11.8 Å². The molecule has 0 fully saturated rings. The average Bonchev–Trinajstić information content (AvgIpc) is 2.78. The van der Waals surface area contributed by atoms with Crippen molar-refractivity contribution in [2.24, 2.45) is 0 Å². The number of carbonyl (C=O) groups excluding carboxylic acids is 1. The summed E-state index contributed by atoms with van der Waals surface area (Å²) in [7, 11) is 0. The van der Waals surface area contributed by atoms with Crippen LogP contribution in [0.1, 0.15) is 21.5 Å². The summed E-state index contributed by atoms with van der Waals surface area (Å²) in [5, 5.41) is 11.6. The standard InChI is InChI=1S/C15H11Br2NO2S/c1-9-4-5-11(7-10(9)3-2-6-19)18-15(20)12-8-13(16)21-14(12)17/h4-5,7-8,19H,6H2,1H3,(H,18,20). The number of amides is 1. The maximum atomic E-state index is 12.2. The van der Waals surface area contributed by atoms with E-state index in [1.165, 1.54) is 11.3 Å². The van der Waals surface area contributed by atoms with E-state index in [1.54, 1.807) is 12.1 Å². The molecule has 21 heavy (non-hydrogen) atoms. The van der Waals surface area contributed by atoms with Gasteiger partial charge in [-0.1, -0.05) is 17.9 Å². The molecule has 2 aromatic rings. The summed E-state index contributed by atoms with van der Waals surface area (Å²) < 4.78 is 1.66. The Morgan fingerprint density at radius 1 is 1.38 bits per heavy atom. The van der Waals surface area contributed by atoms with Crippen LogP contribution in [0.5, 0.6) is 0 Å².